The number of hydrogen-bond donors (Lipinski definition) is 0. The molecule has 21 heavy (non-hydrogen) atoms. The fourth-order valence-corrected chi connectivity index (χ4v) is 1.35. The van der Waals surface area contributed by atoms with Crippen molar-refractivity contribution in [1.82, 2.24) is 0 Å². The Hall–Kier alpha value is -2.08. The van der Waals surface area contributed by atoms with Crippen LogP contribution >= 0.6 is 0 Å². The highest BCUT2D eigenvalue weighted by molar-refractivity contribution is 5.48. The van der Waals surface area contributed by atoms with Gasteiger partial charge in [-0.2, -0.15) is 0 Å². The van der Waals surface area contributed by atoms with Gasteiger partial charge in [-0.25, -0.2) is 0 Å². The van der Waals surface area contributed by atoms with Crippen LogP contribution in [-0.2, 0) is 0 Å². The van der Waals surface area contributed by atoms with E-state index >= 15 is 0 Å². The van der Waals surface area contributed by atoms with Crippen LogP contribution in [0.5, 0.6) is 0 Å². The summed E-state index contributed by atoms with van der Waals surface area (Å²) >= 11 is 0. The molecule has 0 unspecified atom stereocenters. The van der Waals surface area contributed by atoms with Crippen molar-refractivity contribution in [2.75, 3.05) is 0 Å². The highest BCUT2D eigenvalue weighted by Crippen LogP contribution is 1.99. The molecule has 2 aromatic carbocycles. The van der Waals surface area contributed by atoms with E-state index in [0.29, 0.717) is 0 Å². The third kappa shape index (κ3) is 12.7. The van der Waals surface area contributed by atoms with E-state index in [1.54, 1.807) is 0 Å². The zero-order valence-electron chi connectivity index (χ0n) is 14.2. The molecule has 0 fully saturated rings. The average molecular weight is 282 g/mol. The fourth-order valence-electron chi connectivity index (χ4n) is 1.35. The second-order valence-electron chi connectivity index (χ2n) is 3.53. The minimum atomic E-state index is 1.17. The molecule has 0 spiro atoms. The van der Waals surface area contributed by atoms with Crippen LogP contribution in [0.25, 0.3) is 12.2 Å². The largest absolute Gasteiger partial charge is 0.0985 e. The standard InChI is InChI=1S/C9H10.C8H8.2C2H6/c1-2-6-9-7-4-3-5-8-9;1-2-8-6-4-3-5-7-8;2*1-2/h2-8H,1H3;2-7H,1H2;2*1-2H3/b6-2+;;;. The quantitative estimate of drug-likeness (QED) is 0.551. The molecule has 0 aliphatic rings. The second kappa shape index (κ2) is 17.9. The Morgan fingerprint density at radius 3 is 1.33 bits per heavy atom. The zero-order chi connectivity index (χ0) is 16.3. The van der Waals surface area contributed by atoms with Crippen LogP contribution in [-0.4, -0.2) is 0 Å². The van der Waals surface area contributed by atoms with Gasteiger partial charge in [-0.3, -0.25) is 0 Å². The molecule has 0 heteroatoms. The highest BCUT2D eigenvalue weighted by Gasteiger charge is 1.77. The molecule has 0 amide bonds. The van der Waals surface area contributed by atoms with Gasteiger partial charge in [0.05, 0.1) is 0 Å². The Morgan fingerprint density at radius 1 is 0.667 bits per heavy atom. The molecule has 0 heterocycles. The monoisotopic (exact) mass is 282 g/mol. The van der Waals surface area contributed by atoms with Crippen LogP contribution in [0.15, 0.2) is 73.3 Å². The first kappa shape index (κ1) is 21.2. The van der Waals surface area contributed by atoms with Gasteiger partial charge in [-0.15, -0.1) is 0 Å². The van der Waals surface area contributed by atoms with E-state index in [-0.39, 0.29) is 0 Å². The summed E-state index contributed by atoms with van der Waals surface area (Å²) in [7, 11) is 0. The fraction of sp³-hybridized carbons (Fsp3) is 0.238. The van der Waals surface area contributed by atoms with Crippen molar-refractivity contribution in [2.24, 2.45) is 0 Å². The third-order valence-electron chi connectivity index (χ3n) is 2.19. The predicted molar refractivity (Wildman–Crippen MR) is 100 cm³/mol. The summed E-state index contributed by atoms with van der Waals surface area (Å²) in [6.07, 6.45) is 5.95. The van der Waals surface area contributed by atoms with Gasteiger partial charge in [0, 0.05) is 0 Å². The Morgan fingerprint density at radius 2 is 1.05 bits per heavy atom. The molecule has 0 aliphatic heterocycles. The maximum absolute atomic E-state index is 3.63. The van der Waals surface area contributed by atoms with Crippen LogP contribution < -0.4 is 0 Å². The van der Waals surface area contributed by atoms with Crippen molar-refractivity contribution >= 4 is 12.2 Å². The van der Waals surface area contributed by atoms with Gasteiger partial charge in [-0.1, -0.05) is 113 Å². The van der Waals surface area contributed by atoms with E-state index in [1.165, 1.54) is 11.1 Å². The minimum absolute atomic E-state index is 1.17. The molecule has 0 aliphatic carbocycles. The van der Waals surface area contributed by atoms with Crippen LogP contribution in [0.1, 0.15) is 45.7 Å². The Kier molecular flexibility index (Phi) is 18.1. The first-order valence-corrected chi connectivity index (χ1v) is 7.72. The number of rotatable bonds is 2. The van der Waals surface area contributed by atoms with E-state index in [0.717, 1.165) is 0 Å². The van der Waals surface area contributed by atoms with Gasteiger partial charge < -0.3 is 0 Å². The molecule has 0 atom stereocenters. The second-order valence-corrected chi connectivity index (χ2v) is 3.53. The molecule has 0 aromatic heterocycles. The first-order chi connectivity index (χ1) is 10.4. The summed E-state index contributed by atoms with van der Waals surface area (Å²) in [5.41, 5.74) is 2.44. The predicted octanol–water partition coefficient (Wildman–Crippen LogP) is 7.10. The number of allylic oxidation sites excluding steroid dienone is 1. The maximum Gasteiger partial charge on any atom is -0.0260 e. The molecule has 2 aromatic rings. The topological polar surface area (TPSA) is 0 Å². The van der Waals surface area contributed by atoms with Gasteiger partial charge in [0.15, 0.2) is 0 Å². The molecule has 0 radical (unpaired) electrons. The van der Waals surface area contributed by atoms with Crippen molar-refractivity contribution in [3.63, 3.8) is 0 Å². The molecule has 0 N–H and O–H groups in total. The summed E-state index contributed by atoms with van der Waals surface area (Å²) < 4.78 is 0. The average Bonchev–Trinajstić information content (AvgIpc) is 2.61. The zero-order valence-corrected chi connectivity index (χ0v) is 14.2. The number of hydrogen-bond acceptors (Lipinski definition) is 0. The van der Waals surface area contributed by atoms with Crippen molar-refractivity contribution in [2.45, 2.75) is 34.6 Å². The van der Waals surface area contributed by atoms with Crippen molar-refractivity contribution in [3.05, 3.63) is 84.4 Å². The SMILES string of the molecule is C/C=C/c1ccccc1.C=Cc1ccccc1.CC.CC. The normalized spacial score (nSPS) is 8.24. The van der Waals surface area contributed by atoms with Crippen LogP contribution in [0.4, 0.5) is 0 Å². The van der Waals surface area contributed by atoms with Crippen LogP contribution in [0, 0.1) is 0 Å². The lowest BCUT2D eigenvalue weighted by Crippen LogP contribution is -1.65. The van der Waals surface area contributed by atoms with Gasteiger partial charge in [-0.05, 0) is 18.1 Å². The molecular formula is C21H30. The van der Waals surface area contributed by atoms with Gasteiger partial charge >= 0.3 is 0 Å². The number of benzene rings is 2. The molecule has 2 rings (SSSR count). The van der Waals surface area contributed by atoms with E-state index in [2.05, 4.69) is 24.8 Å². The molecule has 0 bridgehead atoms. The smallest absolute Gasteiger partial charge is 0.0260 e. The van der Waals surface area contributed by atoms with Gasteiger partial charge in [0.2, 0.25) is 0 Å². The molecular weight excluding hydrogens is 252 g/mol. The first-order valence-electron chi connectivity index (χ1n) is 7.72. The highest BCUT2D eigenvalue weighted by atomic mass is 13.8. The Bertz CT molecular complexity index is 438. The summed E-state index contributed by atoms with van der Waals surface area (Å²) in [6, 6.07) is 20.3. The minimum Gasteiger partial charge on any atom is -0.0985 e. The summed E-state index contributed by atoms with van der Waals surface area (Å²) in [5.74, 6) is 0. The molecule has 0 nitrogen and oxygen atoms in total. The van der Waals surface area contributed by atoms with Crippen LogP contribution in [0.2, 0.25) is 0 Å². The lowest BCUT2D eigenvalue weighted by atomic mass is 10.2. The van der Waals surface area contributed by atoms with E-state index in [4.69, 9.17) is 0 Å². The van der Waals surface area contributed by atoms with Crippen molar-refractivity contribution in [3.8, 4) is 0 Å². The maximum atomic E-state index is 3.63. The van der Waals surface area contributed by atoms with Gasteiger partial charge in [0.25, 0.3) is 0 Å². The van der Waals surface area contributed by atoms with E-state index < -0.39 is 0 Å². The van der Waals surface area contributed by atoms with Crippen molar-refractivity contribution < 1.29 is 0 Å². The lowest BCUT2D eigenvalue weighted by molar-refractivity contribution is 1.50. The summed E-state index contributed by atoms with van der Waals surface area (Å²) in [5, 5.41) is 0. The molecule has 0 saturated carbocycles. The van der Waals surface area contributed by atoms with Gasteiger partial charge in [0.1, 0.15) is 0 Å². The molecule has 0 saturated heterocycles. The lowest BCUT2D eigenvalue weighted by Gasteiger charge is -1.86. The van der Waals surface area contributed by atoms with Crippen molar-refractivity contribution in [1.29, 1.82) is 0 Å². The molecule has 114 valence electrons. The van der Waals surface area contributed by atoms with E-state index in [1.807, 2.05) is 95.3 Å². The Balaban J connectivity index is 0. The van der Waals surface area contributed by atoms with Crippen LogP contribution in [0.3, 0.4) is 0 Å². The Labute approximate surface area is 131 Å². The summed E-state index contributed by atoms with van der Waals surface area (Å²) in [4.78, 5) is 0. The van der Waals surface area contributed by atoms with E-state index in [9.17, 15) is 0 Å². The third-order valence-corrected chi connectivity index (χ3v) is 2.19. The summed E-state index contributed by atoms with van der Waals surface area (Å²) in [6.45, 7) is 13.7.